The largest absolute Gasteiger partial charge is 0.298 e. The van der Waals surface area contributed by atoms with Gasteiger partial charge >= 0.3 is 0 Å². The third-order valence-electron chi connectivity index (χ3n) is 5.49. The summed E-state index contributed by atoms with van der Waals surface area (Å²) < 4.78 is 0. The molecule has 2 rings (SSSR count). The Morgan fingerprint density at radius 1 is 0.950 bits per heavy atom. The Bertz CT molecular complexity index is 312. The Morgan fingerprint density at radius 2 is 1.65 bits per heavy atom. The van der Waals surface area contributed by atoms with Crippen LogP contribution in [-0.2, 0) is 4.79 Å². The third-order valence-corrected chi connectivity index (χ3v) is 5.49. The smallest absolute Gasteiger partial charge is 0.149 e. The number of ketones is 1. The highest BCUT2D eigenvalue weighted by Gasteiger charge is 2.28. The molecule has 20 heavy (non-hydrogen) atoms. The van der Waals surface area contributed by atoms with Crippen molar-refractivity contribution >= 4 is 5.78 Å². The molecule has 2 heteroatoms. The molecule has 1 heterocycles. The van der Waals surface area contributed by atoms with Gasteiger partial charge in [-0.1, -0.05) is 40.0 Å². The van der Waals surface area contributed by atoms with Crippen molar-refractivity contribution in [3.63, 3.8) is 0 Å². The van der Waals surface area contributed by atoms with Crippen LogP contribution in [0.4, 0.5) is 0 Å². The predicted molar refractivity (Wildman–Crippen MR) is 84.8 cm³/mol. The Hall–Kier alpha value is -0.370. The van der Waals surface area contributed by atoms with Gasteiger partial charge in [-0.3, -0.25) is 9.69 Å². The molecule has 0 radical (unpaired) electrons. The summed E-state index contributed by atoms with van der Waals surface area (Å²) in [4.78, 5) is 14.8. The maximum absolute atomic E-state index is 12.4. The summed E-state index contributed by atoms with van der Waals surface area (Å²) in [5, 5.41) is 0. The number of carbonyl (C=O) groups excluding carboxylic acids is 1. The first-order valence-corrected chi connectivity index (χ1v) is 8.72. The highest BCUT2D eigenvalue weighted by atomic mass is 16.1. The second-order valence-corrected chi connectivity index (χ2v) is 8.07. The van der Waals surface area contributed by atoms with Crippen LogP contribution < -0.4 is 0 Å². The first-order valence-electron chi connectivity index (χ1n) is 8.72. The normalized spacial score (nSPS) is 27.2. The van der Waals surface area contributed by atoms with Crippen molar-refractivity contribution in [2.75, 3.05) is 19.6 Å². The Morgan fingerprint density at radius 3 is 2.30 bits per heavy atom. The molecule has 0 aromatic carbocycles. The Kier molecular flexibility index (Phi) is 5.65. The maximum Gasteiger partial charge on any atom is 0.149 e. The van der Waals surface area contributed by atoms with Crippen LogP contribution in [0.1, 0.15) is 72.1 Å². The number of nitrogens with zero attached hydrogens (tertiary/aromatic N) is 1. The quantitative estimate of drug-likeness (QED) is 0.768. The van der Waals surface area contributed by atoms with Gasteiger partial charge in [0.15, 0.2) is 0 Å². The SMILES string of the molecule is CC(C)(C)C1CCCN(CC(=O)C2CCCCC2)CC1. The van der Waals surface area contributed by atoms with Gasteiger partial charge in [-0.15, -0.1) is 0 Å². The average molecular weight is 279 g/mol. The van der Waals surface area contributed by atoms with Crippen molar-refractivity contribution in [2.24, 2.45) is 17.3 Å². The zero-order valence-electron chi connectivity index (χ0n) is 13.8. The lowest BCUT2D eigenvalue weighted by molar-refractivity contribution is -0.124. The standard InChI is InChI=1S/C18H33NO/c1-18(2,3)16-10-7-12-19(13-11-16)14-17(20)15-8-5-4-6-9-15/h15-16H,4-14H2,1-3H3. The molecule has 0 bridgehead atoms. The number of carbonyl (C=O) groups is 1. The highest BCUT2D eigenvalue weighted by Crippen LogP contribution is 2.34. The van der Waals surface area contributed by atoms with Crippen molar-refractivity contribution in [2.45, 2.75) is 72.1 Å². The van der Waals surface area contributed by atoms with Crippen LogP contribution in [-0.4, -0.2) is 30.3 Å². The molecule has 1 unspecified atom stereocenters. The number of likely N-dealkylation sites (tertiary alicyclic amines) is 1. The molecule has 0 N–H and O–H groups in total. The van der Waals surface area contributed by atoms with Crippen LogP contribution in [0.15, 0.2) is 0 Å². The van der Waals surface area contributed by atoms with Crippen LogP contribution in [0.25, 0.3) is 0 Å². The van der Waals surface area contributed by atoms with Gasteiger partial charge in [0.05, 0.1) is 6.54 Å². The summed E-state index contributed by atoms with van der Waals surface area (Å²) >= 11 is 0. The van der Waals surface area contributed by atoms with Crippen molar-refractivity contribution < 1.29 is 4.79 Å². The van der Waals surface area contributed by atoms with E-state index in [2.05, 4.69) is 25.7 Å². The summed E-state index contributed by atoms with van der Waals surface area (Å²) in [6.07, 6.45) is 10.0. The van der Waals surface area contributed by atoms with Crippen molar-refractivity contribution in [3.05, 3.63) is 0 Å². The predicted octanol–water partition coefficient (Wildman–Crippen LogP) is 4.28. The van der Waals surface area contributed by atoms with Crippen LogP contribution in [0, 0.1) is 17.3 Å². The monoisotopic (exact) mass is 279 g/mol. The summed E-state index contributed by atoms with van der Waals surface area (Å²) in [5.41, 5.74) is 0.420. The second kappa shape index (κ2) is 7.06. The van der Waals surface area contributed by atoms with E-state index in [0.29, 0.717) is 17.1 Å². The lowest BCUT2D eigenvalue weighted by Crippen LogP contribution is -2.35. The number of hydrogen-bond donors (Lipinski definition) is 0. The minimum atomic E-state index is 0.380. The minimum absolute atomic E-state index is 0.380. The van der Waals surface area contributed by atoms with Gasteiger partial charge in [-0.25, -0.2) is 0 Å². The van der Waals surface area contributed by atoms with Crippen LogP contribution in [0.5, 0.6) is 0 Å². The van der Waals surface area contributed by atoms with Gasteiger partial charge in [0.25, 0.3) is 0 Å². The second-order valence-electron chi connectivity index (χ2n) is 8.07. The van der Waals surface area contributed by atoms with Gasteiger partial charge in [0, 0.05) is 5.92 Å². The molecule has 1 atom stereocenters. The van der Waals surface area contributed by atoms with Crippen molar-refractivity contribution in [1.82, 2.24) is 4.90 Å². The molecular weight excluding hydrogens is 246 g/mol. The first-order chi connectivity index (χ1) is 9.47. The first kappa shape index (κ1) is 16.0. The summed E-state index contributed by atoms with van der Waals surface area (Å²) in [6, 6.07) is 0. The fourth-order valence-corrected chi connectivity index (χ4v) is 3.95. The average Bonchev–Trinajstić information content (AvgIpc) is 2.65. The molecule has 116 valence electrons. The molecule has 2 aliphatic rings. The van der Waals surface area contributed by atoms with Crippen LogP contribution in [0.2, 0.25) is 0 Å². The molecular formula is C18H33NO. The van der Waals surface area contributed by atoms with E-state index in [1.165, 1.54) is 38.5 Å². The minimum Gasteiger partial charge on any atom is -0.298 e. The van der Waals surface area contributed by atoms with E-state index in [1.54, 1.807) is 0 Å². The molecule has 2 nitrogen and oxygen atoms in total. The molecule has 1 aliphatic heterocycles. The lowest BCUT2D eigenvalue weighted by Gasteiger charge is -2.30. The summed E-state index contributed by atoms with van der Waals surface area (Å²) in [5.74, 6) is 1.72. The molecule has 1 saturated carbocycles. The van der Waals surface area contributed by atoms with E-state index in [9.17, 15) is 4.79 Å². The Labute approximate surface area is 125 Å². The fourth-order valence-electron chi connectivity index (χ4n) is 3.95. The fraction of sp³-hybridized carbons (Fsp3) is 0.944. The van der Waals surface area contributed by atoms with Gasteiger partial charge in [0.1, 0.15) is 5.78 Å². The van der Waals surface area contributed by atoms with E-state index in [-0.39, 0.29) is 0 Å². The Balaban J connectivity index is 1.80. The number of hydrogen-bond acceptors (Lipinski definition) is 2. The number of Topliss-reactive ketones (excluding diaryl/α,β-unsaturated/α-hetero) is 1. The molecule has 1 saturated heterocycles. The molecule has 0 amide bonds. The summed E-state index contributed by atoms with van der Waals surface area (Å²) in [7, 11) is 0. The van der Waals surface area contributed by atoms with Gasteiger partial charge < -0.3 is 0 Å². The number of rotatable bonds is 3. The molecule has 2 fully saturated rings. The molecule has 1 aliphatic carbocycles. The zero-order chi connectivity index (χ0) is 14.6. The van der Waals surface area contributed by atoms with E-state index < -0.39 is 0 Å². The topological polar surface area (TPSA) is 20.3 Å². The van der Waals surface area contributed by atoms with Crippen molar-refractivity contribution in [3.8, 4) is 0 Å². The van der Waals surface area contributed by atoms with Crippen LogP contribution >= 0.6 is 0 Å². The highest BCUT2D eigenvalue weighted by molar-refractivity contribution is 5.83. The molecule has 0 aromatic rings. The van der Waals surface area contributed by atoms with E-state index >= 15 is 0 Å². The molecule has 0 spiro atoms. The van der Waals surface area contributed by atoms with Gasteiger partial charge in [-0.05, 0) is 56.5 Å². The van der Waals surface area contributed by atoms with Crippen LogP contribution in [0.3, 0.4) is 0 Å². The van der Waals surface area contributed by atoms with Crippen molar-refractivity contribution in [1.29, 1.82) is 0 Å². The molecule has 0 aromatic heterocycles. The zero-order valence-corrected chi connectivity index (χ0v) is 13.8. The van der Waals surface area contributed by atoms with E-state index in [4.69, 9.17) is 0 Å². The van der Waals surface area contributed by atoms with E-state index in [0.717, 1.165) is 38.4 Å². The lowest BCUT2D eigenvalue weighted by atomic mass is 9.77. The third kappa shape index (κ3) is 4.58. The maximum atomic E-state index is 12.4. The van der Waals surface area contributed by atoms with Gasteiger partial charge in [0.2, 0.25) is 0 Å². The van der Waals surface area contributed by atoms with E-state index in [1.807, 2.05) is 0 Å². The summed E-state index contributed by atoms with van der Waals surface area (Å²) in [6.45, 7) is 10.1. The van der Waals surface area contributed by atoms with Gasteiger partial charge in [-0.2, -0.15) is 0 Å².